The van der Waals surface area contributed by atoms with E-state index in [0.717, 1.165) is 12.1 Å². The van der Waals surface area contributed by atoms with Gasteiger partial charge < -0.3 is 14.2 Å². The summed E-state index contributed by atoms with van der Waals surface area (Å²) in [7, 11) is 3.95. The van der Waals surface area contributed by atoms with E-state index in [2.05, 4.69) is 20.1 Å². The molecule has 8 heteroatoms. The van der Waals surface area contributed by atoms with Gasteiger partial charge in [0.15, 0.2) is 11.5 Å². The Morgan fingerprint density at radius 2 is 1.97 bits per heavy atom. The molecule has 1 amide bonds. The van der Waals surface area contributed by atoms with Gasteiger partial charge in [0.05, 0.1) is 5.92 Å². The highest BCUT2D eigenvalue weighted by molar-refractivity contribution is 5.92. The lowest BCUT2D eigenvalue weighted by Gasteiger charge is -2.19. The Bertz CT molecular complexity index is 992. The van der Waals surface area contributed by atoms with Crippen LogP contribution in [-0.2, 0) is 0 Å². The molecule has 1 saturated heterocycles. The number of amides is 1. The largest absolute Gasteiger partial charge is 0.420 e. The monoisotopic (exact) mass is 395 g/mol. The fourth-order valence-electron chi connectivity index (χ4n) is 3.75. The minimum Gasteiger partial charge on any atom is -0.420 e. The molecule has 0 spiro atoms. The van der Waals surface area contributed by atoms with Gasteiger partial charge in [0.1, 0.15) is 0 Å². The third kappa shape index (κ3) is 4.02. The van der Waals surface area contributed by atoms with Crippen molar-refractivity contribution in [1.82, 2.24) is 25.0 Å². The zero-order valence-corrected chi connectivity index (χ0v) is 16.3. The minimum atomic E-state index is -0.616. The predicted octanol–water partition coefficient (Wildman–Crippen LogP) is 2.69. The van der Waals surface area contributed by atoms with Crippen LogP contribution in [0.15, 0.2) is 53.1 Å². The van der Waals surface area contributed by atoms with Crippen molar-refractivity contribution in [2.45, 2.75) is 5.92 Å². The highest BCUT2D eigenvalue weighted by Crippen LogP contribution is 2.34. The molecule has 29 heavy (non-hydrogen) atoms. The van der Waals surface area contributed by atoms with Gasteiger partial charge in [0.2, 0.25) is 11.8 Å². The molecule has 1 aliphatic rings. The number of aromatic nitrogens is 3. The summed E-state index contributed by atoms with van der Waals surface area (Å²) >= 11 is 0. The number of pyridine rings is 1. The fourth-order valence-corrected chi connectivity index (χ4v) is 3.75. The van der Waals surface area contributed by atoms with E-state index in [4.69, 9.17) is 4.42 Å². The first kappa shape index (κ1) is 19.2. The van der Waals surface area contributed by atoms with E-state index in [9.17, 15) is 9.18 Å². The maximum absolute atomic E-state index is 14.1. The smallest absolute Gasteiger partial charge is 0.275 e. The molecule has 3 aromatic rings. The Labute approximate surface area is 168 Å². The standard InChI is InChI=1S/C21H22FN5O2/c1-26(2)11-15-12-27(21(28)18-17(22)9-6-10-23-18)13-16(15)20-25-24-19(29-20)14-7-4-3-5-8-14/h3-10,15-16H,11-13H2,1-2H3/t15-,16-/m0/s1. The van der Waals surface area contributed by atoms with Gasteiger partial charge in [0.25, 0.3) is 5.91 Å². The molecule has 1 aliphatic heterocycles. The van der Waals surface area contributed by atoms with Crippen LogP contribution in [0.2, 0.25) is 0 Å². The van der Waals surface area contributed by atoms with Crippen LogP contribution in [0, 0.1) is 11.7 Å². The van der Waals surface area contributed by atoms with Gasteiger partial charge in [-0.2, -0.15) is 0 Å². The van der Waals surface area contributed by atoms with Crippen molar-refractivity contribution in [3.63, 3.8) is 0 Å². The zero-order valence-electron chi connectivity index (χ0n) is 16.3. The van der Waals surface area contributed by atoms with E-state index in [1.165, 1.54) is 18.3 Å². The summed E-state index contributed by atoms with van der Waals surface area (Å²) in [5, 5.41) is 8.43. The van der Waals surface area contributed by atoms with Gasteiger partial charge in [-0.25, -0.2) is 9.37 Å². The number of carbonyl (C=O) groups excluding carboxylic acids is 1. The first-order valence-corrected chi connectivity index (χ1v) is 9.46. The van der Waals surface area contributed by atoms with Gasteiger partial charge >= 0.3 is 0 Å². The van der Waals surface area contributed by atoms with Crippen molar-refractivity contribution in [2.24, 2.45) is 5.92 Å². The molecule has 0 saturated carbocycles. The number of hydrogen-bond donors (Lipinski definition) is 0. The molecule has 0 N–H and O–H groups in total. The molecular weight excluding hydrogens is 373 g/mol. The van der Waals surface area contributed by atoms with Crippen LogP contribution in [0.25, 0.3) is 11.5 Å². The number of halogens is 1. The average Bonchev–Trinajstić information content (AvgIpc) is 3.35. The molecule has 0 aliphatic carbocycles. The molecule has 2 aromatic heterocycles. The summed E-state index contributed by atoms with van der Waals surface area (Å²) in [4.78, 5) is 20.4. The summed E-state index contributed by atoms with van der Waals surface area (Å²) in [6.45, 7) is 1.59. The first-order valence-electron chi connectivity index (χ1n) is 9.46. The van der Waals surface area contributed by atoms with E-state index < -0.39 is 11.7 Å². The number of likely N-dealkylation sites (tertiary alicyclic amines) is 1. The van der Waals surface area contributed by atoms with Crippen LogP contribution < -0.4 is 0 Å². The number of hydrogen-bond acceptors (Lipinski definition) is 6. The van der Waals surface area contributed by atoms with Crippen molar-refractivity contribution in [2.75, 3.05) is 33.7 Å². The number of nitrogens with zero attached hydrogens (tertiary/aromatic N) is 5. The molecule has 4 rings (SSSR count). The van der Waals surface area contributed by atoms with Crippen LogP contribution in [0.3, 0.4) is 0 Å². The third-order valence-corrected chi connectivity index (χ3v) is 5.07. The molecule has 0 radical (unpaired) electrons. The first-order chi connectivity index (χ1) is 14.0. The average molecular weight is 395 g/mol. The molecule has 1 aromatic carbocycles. The molecule has 7 nitrogen and oxygen atoms in total. The molecule has 0 unspecified atom stereocenters. The molecule has 3 heterocycles. The van der Waals surface area contributed by atoms with E-state index in [1.54, 1.807) is 4.90 Å². The minimum absolute atomic E-state index is 0.0878. The van der Waals surface area contributed by atoms with Gasteiger partial charge in [-0.05, 0) is 38.4 Å². The molecular formula is C21H22FN5O2. The van der Waals surface area contributed by atoms with Gasteiger partial charge in [-0.15, -0.1) is 10.2 Å². The van der Waals surface area contributed by atoms with E-state index >= 15 is 0 Å². The highest BCUT2D eigenvalue weighted by Gasteiger charge is 2.40. The maximum Gasteiger partial charge on any atom is 0.275 e. The molecule has 2 atom stereocenters. The predicted molar refractivity (Wildman–Crippen MR) is 105 cm³/mol. The highest BCUT2D eigenvalue weighted by atomic mass is 19.1. The van der Waals surface area contributed by atoms with Gasteiger partial charge in [-0.1, -0.05) is 18.2 Å². The molecule has 150 valence electrons. The number of benzene rings is 1. The van der Waals surface area contributed by atoms with Crippen LogP contribution in [-0.4, -0.2) is 64.6 Å². The maximum atomic E-state index is 14.1. The topological polar surface area (TPSA) is 75.4 Å². The SMILES string of the molecule is CN(C)C[C@H]1CN(C(=O)c2ncccc2F)C[C@@H]1c1nnc(-c2ccccc2)o1. The van der Waals surface area contributed by atoms with Crippen molar-refractivity contribution >= 4 is 5.91 Å². The van der Waals surface area contributed by atoms with Crippen molar-refractivity contribution in [3.8, 4) is 11.5 Å². The summed E-state index contributed by atoms with van der Waals surface area (Å²) in [5.74, 6) is -0.133. The summed E-state index contributed by atoms with van der Waals surface area (Å²) in [6.07, 6.45) is 1.42. The van der Waals surface area contributed by atoms with Crippen LogP contribution in [0.4, 0.5) is 4.39 Å². The van der Waals surface area contributed by atoms with Gasteiger partial charge in [-0.3, -0.25) is 4.79 Å². The van der Waals surface area contributed by atoms with E-state index in [-0.39, 0.29) is 17.5 Å². The normalized spacial score (nSPS) is 19.1. The summed E-state index contributed by atoms with van der Waals surface area (Å²) in [5.41, 5.74) is 0.684. The van der Waals surface area contributed by atoms with E-state index in [0.29, 0.717) is 24.9 Å². The lowest BCUT2D eigenvalue weighted by Crippen LogP contribution is -2.31. The number of rotatable bonds is 5. The summed E-state index contributed by atoms with van der Waals surface area (Å²) in [6, 6.07) is 12.3. The molecule has 1 fully saturated rings. The summed E-state index contributed by atoms with van der Waals surface area (Å²) < 4.78 is 20.0. The van der Waals surface area contributed by atoms with Crippen LogP contribution in [0.1, 0.15) is 22.3 Å². The van der Waals surface area contributed by atoms with Crippen molar-refractivity contribution < 1.29 is 13.6 Å². The Morgan fingerprint density at radius 3 is 2.69 bits per heavy atom. The number of carbonyl (C=O) groups is 1. The van der Waals surface area contributed by atoms with Crippen LogP contribution in [0.5, 0.6) is 0 Å². The van der Waals surface area contributed by atoms with Crippen LogP contribution >= 0.6 is 0 Å². The quantitative estimate of drug-likeness (QED) is 0.661. The fraction of sp³-hybridized carbons (Fsp3) is 0.333. The molecule has 0 bridgehead atoms. The Balaban J connectivity index is 1.59. The van der Waals surface area contributed by atoms with Gasteiger partial charge in [0, 0.05) is 37.3 Å². The zero-order chi connectivity index (χ0) is 20.4. The Kier molecular flexibility index (Phi) is 5.35. The Morgan fingerprint density at radius 1 is 1.17 bits per heavy atom. The lowest BCUT2D eigenvalue weighted by atomic mass is 9.95. The Hall–Kier alpha value is -3.13. The lowest BCUT2D eigenvalue weighted by molar-refractivity contribution is 0.0773. The van der Waals surface area contributed by atoms with E-state index in [1.807, 2.05) is 44.4 Å². The second-order valence-corrected chi connectivity index (χ2v) is 7.48. The second-order valence-electron chi connectivity index (χ2n) is 7.48. The van der Waals surface area contributed by atoms with Crippen molar-refractivity contribution in [1.29, 1.82) is 0 Å². The van der Waals surface area contributed by atoms with Crippen molar-refractivity contribution in [3.05, 3.63) is 66.1 Å². The third-order valence-electron chi connectivity index (χ3n) is 5.07. The second kappa shape index (κ2) is 8.08.